The van der Waals surface area contributed by atoms with Crippen LogP contribution in [0.25, 0.3) is 17.3 Å². The van der Waals surface area contributed by atoms with Gasteiger partial charge in [-0.2, -0.15) is 0 Å². The van der Waals surface area contributed by atoms with Gasteiger partial charge in [-0.15, -0.1) is 23.1 Å². The number of aromatic nitrogens is 1. The van der Waals surface area contributed by atoms with E-state index in [1.165, 1.54) is 53.4 Å². The molecule has 1 aromatic heterocycles. The quantitative estimate of drug-likeness (QED) is 0.0847. The minimum absolute atomic E-state index is 0.0276. The minimum atomic E-state index is -0.574. The number of hydrogen-bond donors (Lipinski definition) is 3. The Morgan fingerprint density at radius 3 is 2.37 bits per heavy atom. The molecule has 0 radical (unpaired) electrons. The number of carbonyl (C=O) groups is 3. The van der Waals surface area contributed by atoms with E-state index in [2.05, 4.69) is 20.9 Å². The number of halogens is 1. The molecule has 4 aromatic carbocycles. The molecule has 0 fully saturated rings. The number of benzene rings is 4. The highest BCUT2D eigenvalue weighted by atomic mass is 32.2. The predicted molar refractivity (Wildman–Crippen MR) is 193 cm³/mol. The van der Waals surface area contributed by atoms with Gasteiger partial charge in [0.05, 0.1) is 25.2 Å². The first kappa shape index (κ1) is 34.9. The van der Waals surface area contributed by atoms with Crippen LogP contribution in [0.4, 0.5) is 15.2 Å². The maximum absolute atomic E-state index is 13.5. The van der Waals surface area contributed by atoms with Gasteiger partial charge in [-0.25, -0.2) is 9.37 Å². The second-order valence-corrected chi connectivity index (χ2v) is 12.7. The summed E-state index contributed by atoms with van der Waals surface area (Å²) in [5.74, 6) is -0.482. The van der Waals surface area contributed by atoms with Crippen LogP contribution in [-0.4, -0.2) is 42.2 Å². The van der Waals surface area contributed by atoms with Gasteiger partial charge in [0.2, 0.25) is 5.91 Å². The Labute approximate surface area is 291 Å². The van der Waals surface area contributed by atoms with E-state index in [-0.39, 0.29) is 11.6 Å². The first-order valence-electron chi connectivity index (χ1n) is 15.2. The molecule has 0 spiro atoms. The van der Waals surface area contributed by atoms with Crippen molar-refractivity contribution in [3.05, 3.63) is 125 Å². The summed E-state index contributed by atoms with van der Waals surface area (Å²) in [7, 11) is 3.14. The lowest BCUT2D eigenvalue weighted by molar-refractivity contribution is -0.116. The number of carbonyl (C=O) groups excluding carboxylic acids is 3. The lowest BCUT2D eigenvalue weighted by Gasteiger charge is -2.15. The number of ether oxygens (including phenoxy) is 2. The molecule has 0 saturated heterocycles. The normalized spacial score (nSPS) is 11.7. The van der Waals surface area contributed by atoms with E-state index in [9.17, 15) is 18.8 Å². The zero-order valence-corrected chi connectivity index (χ0v) is 28.5. The van der Waals surface area contributed by atoms with E-state index < -0.39 is 22.9 Å². The monoisotopic (exact) mass is 696 g/mol. The fourth-order valence-corrected chi connectivity index (χ4v) is 6.38. The lowest BCUT2D eigenvalue weighted by atomic mass is 10.1. The van der Waals surface area contributed by atoms with Gasteiger partial charge < -0.3 is 25.4 Å². The number of nitrogens with zero attached hydrogens (tertiary/aromatic N) is 1. The summed E-state index contributed by atoms with van der Waals surface area (Å²) in [6.07, 6.45) is 2.01. The maximum atomic E-state index is 13.5. The summed E-state index contributed by atoms with van der Waals surface area (Å²) in [4.78, 5) is 45.0. The van der Waals surface area contributed by atoms with Crippen LogP contribution in [0.1, 0.15) is 29.3 Å². The van der Waals surface area contributed by atoms with Crippen molar-refractivity contribution in [2.75, 3.05) is 24.9 Å². The maximum Gasteiger partial charge on any atom is 0.272 e. The molecule has 1 unspecified atom stereocenters. The van der Waals surface area contributed by atoms with Crippen LogP contribution in [-0.2, 0) is 9.59 Å². The zero-order valence-electron chi connectivity index (χ0n) is 26.9. The number of methoxy groups -OCH3 is 2. The SMILES string of the molecule is CCC(Sc1cccc(NC(=O)/C(=C/c2ccc(F)cc2)NC(=O)c2ccccc2)c1)C(=O)Nc1nc(-c2ccc(OC)c(OC)c2)cs1. The Balaban J connectivity index is 1.26. The molecule has 1 heterocycles. The van der Waals surface area contributed by atoms with Gasteiger partial charge in [0, 0.05) is 27.1 Å². The number of thiazole rings is 1. The predicted octanol–water partition coefficient (Wildman–Crippen LogP) is 7.89. The second kappa shape index (κ2) is 16.6. The Bertz CT molecular complexity index is 1970. The van der Waals surface area contributed by atoms with E-state index in [1.54, 1.807) is 68.8 Å². The highest BCUT2D eigenvalue weighted by molar-refractivity contribution is 8.00. The molecule has 1 atom stereocenters. The van der Waals surface area contributed by atoms with Gasteiger partial charge in [-0.1, -0.05) is 43.3 Å². The van der Waals surface area contributed by atoms with Crippen LogP contribution in [0.3, 0.4) is 0 Å². The molecular weight excluding hydrogens is 664 g/mol. The van der Waals surface area contributed by atoms with Gasteiger partial charge in [0.15, 0.2) is 16.6 Å². The second-order valence-electron chi connectivity index (χ2n) is 10.5. The molecule has 0 saturated carbocycles. The molecule has 5 rings (SSSR count). The van der Waals surface area contributed by atoms with Crippen molar-refractivity contribution in [2.45, 2.75) is 23.5 Å². The first-order chi connectivity index (χ1) is 23.8. The van der Waals surface area contributed by atoms with Crippen molar-refractivity contribution >= 4 is 57.7 Å². The third-order valence-corrected chi connectivity index (χ3v) is 9.27. The van der Waals surface area contributed by atoms with Gasteiger partial charge >= 0.3 is 0 Å². The summed E-state index contributed by atoms with van der Waals surface area (Å²) in [5, 5.41) is 10.3. The summed E-state index contributed by atoms with van der Waals surface area (Å²) in [6, 6.07) is 26.6. The molecule has 0 bridgehead atoms. The first-order valence-corrected chi connectivity index (χ1v) is 16.9. The van der Waals surface area contributed by atoms with Crippen LogP contribution < -0.4 is 25.4 Å². The van der Waals surface area contributed by atoms with Crippen molar-refractivity contribution in [2.24, 2.45) is 0 Å². The Hall–Kier alpha value is -5.46. The number of rotatable bonds is 13. The van der Waals surface area contributed by atoms with Gasteiger partial charge in [0.25, 0.3) is 11.8 Å². The summed E-state index contributed by atoms with van der Waals surface area (Å²) >= 11 is 2.67. The topological polar surface area (TPSA) is 119 Å². The molecule has 3 N–H and O–H groups in total. The average molecular weight is 697 g/mol. The largest absolute Gasteiger partial charge is 0.493 e. The summed E-state index contributed by atoms with van der Waals surface area (Å²) in [6.45, 7) is 1.92. The molecule has 250 valence electrons. The van der Waals surface area contributed by atoms with Gasteiger partial charge in [0.1, 0.15) is 11.5 Å². The van der Waals surface area contributed by atoms with Crippen LogP contribution in [0.5, 0.6) is 11.5 Å². The fraction of sp³-hybridized carbons (Fsp3) is 0.135. The average Bonchev–Trinajstić information content (AvgIpc) is 3.59. The van der Waals surface area contributed by atoms with Crippen molar-refractivity contribution in [3.63, 3.8) is 0 Å². The van der Waals surface area contributed by atoms with Crippen LogP contribution in [0.15, 0.2) is 113 Å². The number of thioether (sulfide) groups is 1. The van der Waals surface area contributed by atoms with Crippen LogP contribution in [0.2, 0.25) is 0 Å². The lowest BCUT2D eigenvalue weighted by Crippen LogP contribution is -2.30. The fourth-order valence-electron chi connectivity index (χ4n) is 4.65. The minimum Gasteiger partial charge on any atom is -0.493 e. The third kappa shape index (κ3) is 9.34. The standard InChI is InChI=1S/C37H33FN4O5S2/c1-4-33(36(45)42-37-41-30(22-48-37)25-15-18-31(46-2)32(20-25)47-3)49-28-12-8-11-27(21-28)39-35(44)29(19-23-13-16-26(38)17-14-23)40-34(43)24-9-6-5-7-10-24/h5-22,33H,4H2,1-3H3,(H,39,44)(H,40,43)(H,41,42,45)/b29-19-. The van der Waals surface area contributed by atoms with Crippen LogP contribution >= 0.6 is 23.1 Å². The van der Waals surface area contributed by atoms with E-state index in [4.69, 9.17) is 9.47 Å². The van der Waals surface area contributed by atoms with Crippen molar-refractivity contribution in [1.82, 2.24) is 10.3 Å². The molecule has 0 aliphatic carbocycles. The molecule has 49 heavy (non-hydrogen) atoms. The molecule has 0 aliphatic rings. The van der Waals surface area contributed by atoms with Crippen molar-refractivity contribution in [3.8, 4) is 22.8 Å². The highest BCUT2D eigenvalue weighted by Crippen LogP contribution is 2.34. The molecular formula is C37H33FN4O5S2. The Morgan fingerprint density at radius 2 is 1.65 bits per heavy atom. The molecule has 9 nitrogen and oxygen atoms in total. The Morgan fingerprint density at radius 1 is 0.898 bits per heavy atom. The summed E-state index contributed by atoms with van der Waals surface area (Å²) in [5.41, 5.74) is 2.85. The number of hydrogen-bond acceptors (Lipinski definition) is 8. The molecule has 3 amide bonds. The number of anilines is 2. The number of nitrogens with one attached hydrogen (secondary N) is 3. The van der Waals surface area contributed by atoms with Gasteiger partial charge in [-0.3, -0.25) is 14.4 Å². The van der Waals surface area contributed by atoms with E-state index >= 15 is 0 Å². The highest BCUT2D eigenvalue weighted by Gasteiger charge is 2.21. The molecule has 0 aliphatic heterocycles. The number of amides is 3. The van der Waals surface area contributed by atoms with E-state index in [0.717, 1.165) is 10.5 Å². The van der Waals surface area contributed by atoms with Crippen molar-refractivity contribution in [1.29, 1.82) is 0 Å². The smallest absolute Gasteiger partial charge is 0.272 e. The van der Waals surface area contributed by atoms with Crippen LogP contribution in [0, 0.1) is 5.82 Å². The van der Waals surface area contributed by atoms with Crippen molar-refractivity contribution < 1.29 is 28.2 Å². The van der Waals surface area contributed by atoms with E-state index in [0.29, 0.717) is 45.6 Å². The Kier molecular flexibility index (Phi) is 11.8. The zero-order chi connectivity index (χ0) is 34.8. The molecule has 5 aromatic rings. The molecule has 12 heteroatoms. The summed E-state index contributed by atoms with van der Waals surface area (Å²) < 4.78 is 24.2. The van der Waals surface area contributed by atoms with Gasteiger partial charge in [-0.05, 0) is 78.7 Å². The third-order valence-electron chi connectivity index (χ3n) is 7.16. The van der Waals surface area contributed by atoms with E-state index in [1.807, 2.05) is 30.5 Å².